The number of carbonyl (C=O) groups is 2. The summed E-state index contributed by atoms with van der Waals surface area (Å²) in [6.45, 7) is 3.91. The van der Waals surface area contributed by atoms with E-state index in [2.05, 4.69) is 5.32 Å². The van der Waals surface area contributed by atoms with E-state index in [0.29, 0.717) is 12.8 Å². The lowest BCUT2D eigenvalue weighted by atomic mass is 9.82. The molecular weight excluding hydrogens is 206 g/mol. The van der Waals surface area contributed by atoms with E-state index in [1.165, 1.54) is 0 Å². The number of hydrogen-bond acceptors (Lipinski definition) is 2. The zero-order chi connectivity index (χ0) is 12.1. The van der Waals surface area contributed by atoms with Crippen LogP contribution < -0.4 is 5.32 Å². The number of hydrogen-bond donors (Lipinski definition) is 2. The molecule has 1 aliphatic carbocycles. The quantitative estimate of drug-likeness (QED) is 0.714. The molecule has 4 nitrogen and oxygen atoms in total. The lowest BCUT2D eigenvalue weighted by Crippen LogP contribution is -2.42. The Morgan fingerprint density at radius 1 is 1.38 bits per heavy atom. The van der Waals surface area contributed by atoms with E-state index in [0.717, 1.165) is 6.42 Å². The summed E-state index contributed by atoms with van der Waals surface area (Å²) in [6.07, 6.45) is 5.56. The minimum atomic E-state index is -0.881. The van der Waals surface area contributed by atoms with E-state index in [1.54, 1.807) is 0 Å². The van der Waals surface area contributed by atoms with Crippen molar-refractivity contribution in [3.8, 4) is 0 Å². The van der Waals surface area contributed by atoms with Gasteiger partial charge in [0.25, 0.3) is 0 Å². The zero-order valence-corrected chi connectivity index (χ0v) is 9.77. The normalized spacial score (nSPS) is 26.1. The first kappa shape index (κ1) is 12.7. The monoisotopic (exact) mass is 225 g/mol. The largest absolute Gasteiger partial charge is 0.481 e. The van der Waals surface area contributed by atoms with E-state index < -0.39 is 17.8 Å². The highest BCUT2D eigenvalue weighted by Crippen LogP contribution is 2.26. The smallest absolute Gasteiger partial charge is 0.307 e. The molecule has 0 aromatic heterocycles. The van der Waals surface area contributed by atoms with E-state index in [-0.39, 0.29) is 11.9 Å². The van der Waals surface area contributed by atoms with Gasteiger partial charge in [-0.15, -0.1) is 0 Å². The van der Waals surface area contributed by atoms with Gasteiger partial charge in [0.15, 0.2) is 0 Å². The highest BCUT2D eigenvalue weighted by atomic mass is 16.4. The summed E-state index contributed by atoms with van der Waals surface area (Å²) in [5, 5.41) is 11.9. The van der Waals surface area contributed by atoms with Crippen molar-refractivity contribution in [2.75, 3.05) is 0 Å². The third-order valence-corrected chi connectivity index (χ3v) is 3.09. The average Bonchev–Trinajstić information content (AvgIpc) is 2.28. The first-order valence-electron chi connectivity index (χ1n) is 5.74. The lowest BCUT2D eigenvalue weighted by molar-refractivity contribution is -0.147. The van der Waals surface area contributed by atoms with Crippen molar-refractivity contribution in [3.63, 3.8) is 0 Å². The highest BCUT2D eigenvalue weighted by molar-refractivity contribution is 5.85. The topological polar surface area (TPSA) is 66.4 Å². The van der Waals surface area contributed by atoms with Crippen molar-refractivity contribution in [3.05, 3.63) is 12.2 Å². The van der Waals surface area contributed by atoms with Gasteiger partial charge >= 0.3 is 5.97 Å². The van der Waals surface area contributed by atoms with E-state index in [9.17, 15) is 9.59 Å². The molecule has 0 heterocycles. The maximum atomic E-state index is 11.9. The molecule has 90 valence electrons. The molecule has 0 radical (unpaired) electrons. The van der Waals surface area contributed by atoms with Crippen LogP contribution in [0.2, 0.25) is 0 Å². The van der Waals surface area contributed by atoms with Gasteiger partial charge in [0.2, 0.25) is 5.91 Å². The minimum absolute atomic E-state index is 0.104. The number of carbonyl (C=O) groups excluding carboxylic acids is 1. The second-order valence-electron chi connectivity index (χ2n) is 4.31. The van der Waals surface area contributed by atoms with E-state index in [4.69, 9.17) is 5.11 Å². The van der Waals surface area contributed by atoms with Crippen molar-refractivity contribution < 1.29 is 14.7 Å². The van der Waals surface area contributed by atoms with E-state index >= 15 is 0 Å². The molecule has 0 aromatic carbocycles. The van der Waals surface area contributed by atoms with Crippen LogP contribution in [0, 0.1) is 11.8 Å². The average molecular weight is 225 g/mol. The number of nitrogens with one attached hydrogen (secondary N) is 1. The van der Waals surface area contributed by atoms with E-state index in [1.807, 2.05) is 26.0 Å². The van der Waals surface area contributed by atoms with Gasteiger partial charge in [-0.3, -0.25) is 9.59 Å². The van der Waals surface area contributed by atoms with Crippen LogP contribution in [0.4, 0.5) is 0 Å². The summed E-state index contributed by atoms with van der Waals surface area (Å²) in [6, 6.07) is 0.104. The molecule has 0 fully saturated rings. The van der Waals surface area contributed by atoms with Crippen LogP contribution in [-0.4, -0.2) is 23.0 Å². The summed E-state index contributed by atoms with van der Waals surface area (Å²) in [4.78, 5) is 22.9. The Balaban J connectivity index is 2.65. The zero-order valence-electron chi connectivity index (χ0n) is 9.77. The fraction of sp³-hybridized carbons (Fsp3) is 0.667. The van der Waals surface area contributed by atoms with Crippen molar-refractivity contribution in [1.29, 1.82) is 0 Å². The second kappa shape index (κ2) is 5.68. The second-order valence-corrected chi connectivity index (χ2v) is 4.31. The summed E-state index contributed by atoms with van der Waals surface area (Å²) >= 11 is 0. The van der Waals surface area contributed by atoms with Crippen LogP contribution in [0.5, 0.6) is 0 Å². The summed E-state index contributed by atoms with van der Waals surface area (Å²) in [5.41, 5.74) is 0. The Morgan fingerprint density at radius 2 is 1.94 bits per heavy atom. The summed E-state index contributed by atoms with van der Waals surface area (Å²) in [5.74, 6) is -2.01. The molecule has 3 atom stereocenters. The Kier molecular flexibility index (Phi) is 4.52. The Hall–Kier alpha value is -1.32. The maximum absolute atomic E-state index is 11.9. The van der Waals surface area contributed by atoms with Gasteiger partial charge in [-0.1, -0.05) is 19.1 Å². The predicted molar refractivity (Wildman–Crippen MR) is 60.9 cm³/mol. The first-order valence-corrected chi connectivity index (χ1v) is 5.74. The molecule has 0 saturated carbocycles. The number of rotatable bonds is 4. The predicted octanol–water partition coefficient (Wildman–Crippen LogP) is 1.57. The Morgan fingerprint density at radius 3 is 2.44 bits per heavy atom. The summed E-state index contributed by atoms with van der Waals surface area (Å²) < 4.78 is 0. The molecule has 0 aliphatic heterocycles. The lowest BCUT2D eigenvalue weighted by Gasteiger charge is -2.25. The third kappa shape index (κ3) is 3.08. The van der Waals surface area contributed by atoms with Gasteiger partial charge in [-0.25, -0.2) is 0 Å². The Labute approximate surface area is 95.7 Å². The van der Waals surface area contributed by atoms with Crippen LogP contribution in [0.3, 0.4) is 0 Å². The van der Waals surface area contributed by atoms with Gasteiger partial charge in [-0.2, -0.15) is 0 Å². The molecule has 1 aliphatic rings. The van der Waals surface area contributed by atoms with Gasteiger partial charge < -0.3 is 10.4 Å². The van der Waals surface area contributed by atoms with Crippen LogP contribution in [0.25, 0.3) is 0 Å². The number of amides is 1. The van der Waals surface area contributed by atoms with Crippen LogP contribution in [0.15, 0.2) is 12.2 Å². The SMILES string of the molecule is CC[C@H](C)NC(=O)[C@H]1CC=CC[C@H]1C(=O)O. The fourth-order valence-corrected chi connectivity index (χ4v) is 1.83. The van der Waals surface area contributed by atoms with Crippen LogP contribution in [0.1, 0.15) is 33.1 Å². The molecule has 0 aromatic rings. The van der Waals surface area contributed by atoms with Crippen molar-refractivity contribution in [2.24, 2.45) is 11.8 Å². The maximum Gasteiger partial charge on any atom is 0.307 e. The van der Waals surface area contributed by atoms with Crippen molar-refractivity contribution in [1.82, 2.24) is 5.32 Å². The number of aliphatic carboxylic acids is 1. The molecule has 0 spiro atoms. The third-order valence-electron chi connectivity index (χ3n) is 3.09. The van der Waals surface area contributed by atoms with Crippen LogP contribution in [-0.2, 0) is 9.59 Å². The highest BCUT2D eigenvalue weighted by Gasteiger charge is 2.34. The van der Waals surface area contributed by atoms with Crippen molar-refractivity contribution in [2.45, 2.75) is 39.2 Å². The molecule has 16 heavy (non-hydrogen) atoms. The molecule has 1 amide bonds. The van der Waals surface area contributed by atoms with Gasteiger partial charge in [0.1, 0.15) is 0 Å². The molecule has 0 saturated heterocycles. The van der Waals surface area contributed by atoms with Gasteiger partial charge in [-0.05, 0) is 26.2 Å². The fourth-order valence-electron chi connectivity index (χ4n) is 1.83. The van der Waals surface area contributed by atoms with Crippen LogP contribution >= 0.6 is 0 Å². The first-order chi connectivity index (χ1) is 7.56. The molecule has 0 unspecified atom stereocenters. The number of carboxylic acids is 1. The standard InChI is InChI=1S/C12H19NO3/c1-3-8(2)13-11(14)9-6-4-5-7-10(9)12(15)16/h4-5,8-10H,3,6-7H2,1-2H3,(H,13,14)(H,15,16)/t8-,9-,10+/m0/s1. The molecule has 0 bridgehead atoms. The summed E-state index contributed by atoms with van der Waals surface area (Å²) in [7, 11) is 0. The molecule has 4 heteroatoms. The molecular formula is C12H19NO3. The minimum Gasteiger partial charge on any atom is -0.481 e. The Bertz CT molecular complexity index is 299. The molecule has 2 N–H and O–H groups in total. The van der Waals surface area contributed by atoms with Crippen molar-refractivity contribution >= 4 is 11.9 Å². The molecule has 1 rings (SSSR count). The van der Waals surface area contributed by atoms with Gasteiger partial charge in [0.05, 0.1) is 11.8 Å². The number of allylic oxidation sites excluding steroid dienone is 2. The van der Waals surface area contributed by atoms with Gasteiger partial charge in [0, 0.05) is 6.04 Å². The number of carboxylic acid groups (broad SMARTS) is 1.